The van der Waals surface area contributed by atoms with Crippen LogP contribution in [0.3, 0.4) is 0 Å². The SMILES string of the molecule is CCNc1nc2cccc(C(=O)OCC)c2n1Cc1ccc(-c2ccccc2C#N)cc1. The second-order valence-electron chi connectivity index (χ2n) is 7.30. The first-order valence-electron chi connectivity index (χ1n) is 10.6. The number of fused-ring (bicyclic) bond motifs is 1. The number of nitriles is 1. The molecule has 4 aromatic rings. The molecule has 1 heterocycles. The van der Waals surface area contributed by atoms with E-state index in [1.807, 2.05) is 72.2 Å². The fourth-order valence-corrected chi connectivity index (χ4v) is 3.81. The summed E-state index contributed by atoms with van der Waals surface area (Å²) in [5.74, 6) is 0.351. The Bertz CT molecular complexity index is 1300. The second kappa shape index (κ2) is 9.36. The highest BCUT2D eigenvalue weighted by molar-refractivity contribution is 6.03. The van der Waals surface area contributed by atoms with Crippen molar-refractivity contribution in [3.8, 4) is 17.2 Å². The van der Waals surface area contributed by atoms with Crippen LogP contribution in [0.5, 0.6) is 0 Å². The summed E-state index contributed by atoms with van der Waals surface area (Å²) < 4.78 is 7.29. The fraction of sp³-hybridized carbons (Fsp3) is 0.192. The Kier molecular flexibility index (Phi) is 6.18. The maximum absolute atomic E-state index is 12.6. The highest BCUT2D eigenvalue weighted by atomic mass is 16.5. The number of esters is 1. The highest BCUT2D eigenvalue weighted by Crippen LogP contribution is 2.27. The average molecular weight is 425 g/mol. The van der Waals surface area contributed by atoms with Crippen LogP contribution < -0.4 is 5.32 Å². The molecular weight excluding hydrogens is 400 g/mol. The van der Waals surface area contributed by atoms with E-state index in [1.54, 1.807) is 13.0 Å². The predicted molar refractivity (Wildman–Crippen MR) is 126 cm³/mol. The third-order valence-electron chi connectivity index (χ3n) is 5.25. The van der Waals surface area contributed by atoms with Crippen molar-refractivity contribution in [1.82, 2.24) is 9.55 Å². The fourth-order valence-electron chi connectivity index (χ4n) is 3.81. The molecule has 0 aliphatic carbocycles. The van der Waals surface area contributed by atoms with E-state index in [9.17, 15) is 10.1 Å². The summed E-state index contributed by atoms with van der Waals surface area (Å²) in [5, 5.41) is 12.7. The third-order valence-corrected chi connectivity index (χ3v) is 5.25. The molecular formula is C26H24N4O2. The molecule has 4 rings (SSSR count). The van der Waals surface area contributed by atoms with E-state index in [0.717, 1.165) is 27.7 Å². The van der Waals surface area contributed by atoms with Crippen LogP contribution >= 0.6 is 0 Å². The number of hydrogen-bond acceptors (Lipinski definition) is 5. The van der Waals surface area contributed by atoms with E-state index in [-0.39, 0.29) is 5.97 Å². The van der Waals surface area contributed by atoms with Crippen molar-refractivity contribution in [3.63, 3.8) is 0 Å². The van der Waals surface area contributed by atoms with E-state index >= 15 is 0 Å². The maximum atomic E-state index is 12.6. The minimum Gasteiger partial charge on any atom is -0.462 e. The topological polar surface area (TPSA) is 79.9 Å². The first kappa shape index (κ1) is 21.1. The molecule has 32 heavy (non-hydrogen) atoms. The Hall–Kier alpha value is -4.11. The van der Waals surface area contributed by atoms with Gasteiger partial charge in [-0.1, -0.05) is 48.5 Å². The zero-order chi connectivity index (χ0) is 22.5. The standard InChI is InChI=1S/C26H24N4O2/c1-3-28-26-29-23-11-7-10-22(25(31)32-4-2)24(23)30(26)17-18-12-14-19(15-13-18)21-9-6-5-8-20(21)16-27/h5-15H,3-4,17H2,1-2H3,(H,28,29). The lowest BCUT2D eigenvalue weighted by atomic mass is 9.99. The molecule has 0 saturated heterocycles. The van der Waals surface area contributed by atoms with E-state index in [1.165, 1.54) is 0 Å². The van der Waals surface area contributed by atoms with Crippen molar-refractivity contribution in [2.75, 3.05) is 18.5 Å². The van der Waals surface area contributed by atoms with Gasteiger partial charge in [-0.3, -0.25) is 0 Å². The molecule has 0 atom stereocenters. The Morgan fingerprint density at radius 2 is 1.84 bits per heavy atom. The zero-order valence-corrected chi connectivity index (χ0v) is 18.1. The summed E-state index contributed by atoms with van der Waals surface area (Å²) in [7, 11) is 0. The van der Waals surface area contributed by atoms with Crippen molar-refractivity contribution < 1.29 is 9.53 Å². The number of hydrogen-bond donors (Lipinski definition) is 1. The molecule has 1 aromatic heterocycles. The van der Waals surface area contributed by atoms with Crippen LogP contribution in [-0.2, 0) is 11.3 Å². The number of para-hydroxylation sites is 1. The number of anilines is 1. The van der Waals surface area contributed by atoms with Crippen LogP contribution in [0.1, 0.15) is 35.3 Å². The third kappa shape index (κ3) is 4.06. The molecule has 3 aromatic carbocycles. The smallest absolute Gasteiger partial charge is 0.340 e. The quantitative estimate of drug-likeness (QED) is 0.411. The van der Waals surface area contributed by atoms with Gasteiger partial charge in [-0.2, -0.15) is 5.26 Å². The van der Waals surface area contributed by atoms with Crippen molar-refractivity contribution in [2.24, 2.45) is 0 Å². The van der Waals surface area contributed by atoms with Crippen molar-refractivity contribution in [2.45, 2.75) is 20.4 Å². The van der Waals surface area contributed by atoms with Gasteiger partial charge >= 0.3 is 5.97 Å². The summed E-state index contributed by atoms with van der Waals surface area (Å²) >= 11 is 0. The van der Waals surface area contributed by atoms with Crippen LogP contribution in [0.4, 0.5) is 5.95 Å². The number of imidazole rings is 1. The number of rotatable bonds is 7. The van der Waals surface area contributed by atoms with Crippen molar-refractivity contribution in [1.29, 1.82) is 5.26 Å². The van der Waals surface area contributed by atoms with Crippen molar-refractivity contribution >= 4 is 23.0 Å². The molecule has 0 spiro atoms. The summed E-state index contributed by atoms with van der Waals surface area (Å²) in [6.07, 6.45) is 0. The largest absolute Gasteiger partial charge is 0.462 e. The number of nitrogens with zero attached hydrogens (tertiary/aromatic N) is 3. The maximum Gasteiger partial charge on any atom is 0.340 e. The number of carbonyl (C=O) groups is 1. The van der Waals surface area contributed by atoms with Crippen LogP contribution in [-0.4, -0.2) is 28.7 Å². The lowest BCUT2D eigenvalue weighted by Crippen LogP contribution is -2.11. The first-order chi connectivity index (χ1) is 15.7. The van der Waals surface area contributed by atoms with Gasteiger partial charge in [0.05, 0.1) is 41.4 Å². The molecule has 0 bridgehead atoms. The van der Waals surface area contributed by atoms with Gasteiger partial charge in [0.2, 0.25) is 5.95 Å². The van der Waals surface area contributed by atoms with Gasteiger partial charge in [0.1, 0.15) is 0 Å². The summed E-state index contributed by atoms with van der Waals surface area (Å²) in [6.45, 7) is 5.37. The summed E-state index contributed by atoms with van der Waals surface area (Å²) in [4.78, 5) is 17.3. The molecule has 0 saturated carbocycles. The predicted octanol–water partition coefficient (Wildman–Crippen LogP) is 5.23. The molecule has 0 aliphatic heterocycles. The van der Waals surface area contributed by atoms with Gasteiger partial charge in [0.15, 0.2) is 0 Å². The normalized spacial score (nSPS) is 10.7. The van der Waals surface area contributed by atoms with Crippen LogP contribution in [0.2, 0.25) is 0 Å². The molecule has 0 fully saturated rings. The highest BCUT2D eigenvalue weighted by Gasteiger charge is 2.19. The van der Waals surface area contributed by atoms with Gasteiger partial charge in [-0.05, 0) is 48.7 Å². The van der Waals surface area contributed by atoms with Crippen LogP contribution in [0, 0.1) is 11.3 Å². The lowest BCUT2D eigenvalue weighted by molar-refractivity contribution is 0.0528. The Labute approximate surface area is 187 Å². The Balaban J connectivity index is 1.74. The number of benzene rings is 3. The molecule has 0 amide bonds. The van der Waals surface area contributed by atoms with E-state index in [0.29, 0.717) is 36.8 Å². The average Bonchev–Trinajstić information content (AvgIpc) is 3.17. The van der Waals surface area contributed by atoms with E-state index in [4.69, 9.17) is 9.72 Å². The van der Waals surface area contributed by atoms with Crippen LogP contribution in [0.25, 0.3) is 22.2 Å². The van der Waals surface area contributed by atoms with Gasteiger partial charge < -0.3 is 14.6 Å². The van der Waals surface area contributed by atoms with Crippen LogP contribution in [0.15, 0.2) is 66.7 Å². The molecule has 0 aliphatic rings. The number of nitrogens with one attached hydrogen (secondary N) is 1. The monoisotopic (exact) mass is 424 g/mol. The molecule has 160 valence electrons. The van der Waals surface area contributed by atoms with Crippen molar-refractivity contribution in [3.05, 3.63) is 83.4 Å². The van der Waals surface area contributed by atoms with E-state index < -0.39 is 0 Å². The number of carbonyl (C=O) groups excluding carboxylic acids is 1. The molecule has 0 radical (unpaired) electrons. The summed E-state index contributed by atoms with van der Waals surface area (Å²) in [6, 6.07) is 23.4. The minimum absolute atomic E-state index is 0.315. The van der Waals surface area contributed by atoms with Gasteiger partial charge in [0, 0.05) is 6.54 Å². The molecule has 1 N–H and O–H groups in total. The van der Waals surface area contributed by atoms with Gasteiger partial charge in [-0.25, -0.2) is 9.78 Å². The lowest BCUT2D eigenvalue weighted by Gasteiger charge is -2.13. The molecule has 6 heteroatoms. The second-order valence-corrected chi connectivity index (χ2v) is 7.30. The van der Waals surface area contributed by atoms with E-state index in [2.05, 4.69) is 11.4 Å². The Morgan fingerprint density at radius 1 is 1.06 bits per heavy atom. The van der Waals surface area contributed by atoms with Gasteiger partial charge in [-0.15, -0.1) is 0 Å². The Morgan fingerprint density at radius 3 is 2.56 bits per heavy atom. The van der Waals surface area contributed by atoms with Gasteiger partial charge in [0.25, 0.3) is 0 Å². The number of ether oxygens (including phenoxy) is 1. The zero-order valence-electron chi connectivity index (χ0n) is 18.1. The minimum atomic E-state index is -0.356. The molecule has 6 nitrogen and oxygen atoms in total. The first-order valence-corrected chi connectivity index (χ1v) is 10.6. The number of aromatic nitrogens is 2. The summed E-state index contributed by atoms with van der Waals surface area (Å²) in [5.41, 5.74) is 5.59. The molecule has 0 unspecified atom stereocenters.